The number of hydrogen-bond donors (Lipinski definition) is 0. The van der Waals surface area contributed by atoms with E-state index in [0.717, 1.165) is 12.8 Å². The van der Waals surface area contributed by atoms with Gasteiger partial charge in [0.25, 0.3) is 0 Å². The van der Waals surface area contributed by atoms with Crippen LogP contribution in [-0.2, 0) is 5.41 Å². The number of rotatable bonds is 2. The lowest BCUT2D eigenvalue weighted by atomic mass is 9.70. The predicted molar refractivity (Wildman–Crippen MR) is 148 cm³/mol. The molecule has 0 unspecified atom stereocenters. The van der Waals surface area contributed by atoms with Crippen molar-refractivity contribution in [1.29, 1.82) is 0 Å². The van der Waals surface area contributed by atoms with Crippen LogP contribution in [0, 0.1) is 0 Å². The van der Waals surface area contributed by atoms with E-state index in [-0.39, 0.29) is 5.41 Å². The Hall–Kier alpha value is -4.04. The lowest BCUT2D eigenvalue weighted by Gasteiger charge is -2.44. The maximum atomic E-state index is 2.48. The second-order valence-electron chi connectivity index (χ2n) is 10.2. The van der Waals surface area contributed by atoms with E-state index in [9.17, 15) is 0 Å². The molecule has 1 aliphatic heterocycles. The highest BCUT2D eigenvalue weighted by Gasteiger charge is 2.38. The summed E-state index contributed by atoms with van der Waals surface area (Å²) >= 11 is 0. The Kier molecular flexibility index (Phi) is 4.35. The second-order valence-corrected chi connectivity index (χ2v) is 10.2. The van der Waals surface area contributed by atoms with Crippen LogP contribution < -0.4 is 4.90 Å². The molecule has 2 nitrogen and oxygen atoms in total. The van der Waals surface area contributed by atoms with Crippen LogP contribution in [0.4, 0.5) is 11.4 Å². The lowest BCUT2D eigenvalue weighted by Crippen LogP contribution is -2.34. The largest absolute Gasteiger partial charge is 0.310 e. The molecule has 0 radical (unpaired) electrons. The minimum atomic E-state index is 0.0254. The van der Waals surface area contributed by atoms with Gasteiger partial charge in [0.15, 0.2) is 0 Å². The number of para-hydroxylation sites is 3. The smallest absolute Gasteiger partial charge is 0.0541 e. The first-order chi connectivity index (χ1) is 17.1. The van der Waals surface area contributed by atoms with Gasteiger partial charge in [0.05, 0.1) is 16.7 Å². The first-order valence-electron chi connectivity index (χ1n) is 12.5. The third-order valence-corrected chi connectivity index (χ3v) is 7.89. The summed E-state index contributed by atoms with van der Waals surface area (Å²) in [5.41, 5.74) is 10.4. The van der Waals surface area contributed by atoms with E-state index in [1.807, 2.05) is 0 Å². The van der Waals surface area contributed by atoms with Crippen LogP contribution in [-0.4, -0.2) is 4.57 Å². The Morgan fingerprint density at radius 2 is 1.34 bits per heavy atom. The van der Waals surface area contributed by atoms with Crippen LogP contribution in [0.15, 0.2) is 120 Å². The topological polar surface area (TPSA) is 8.17 Å². The van der Waals surface area contributed by atoms with Crippen molar-refractivity contribution in [3.8, 4) is 5.69 Å². The number of allylic oxidation sites excluding steroid dienone is 3. The average molecular weight is 453 g/mol. The fourth-order valence-electron chi connectivity index (χ4n) is 6.23. The van der Waals surface area contributed by atoms with Gasteiger partial charge in [0.1, 0.15) is 0 Å². The third-order valence-electron chi connectivity index (χ3n) is 7.89. The Bertz CT molecular complexity index is 1630. The summed E-state index contributed by atoms with van der Waals surface area (Å²) in [6.07, 6.45) is 6.88. The second kappa shape index (κ2) is 7.48. The van der Waals surface area contributed by atoms with Crippen molar-refractivity contribution in [2.24, 2.45) is 0 Å². The first-order valence-corrected chi connectivity index (χ1v) is 12.5. The number of hydrogen-bond acceptors (Lipinski definition) is 1. The van der Waals surface area contributed by atoms with E-state index < -0.39 is 0 Å². The highest BCUT2D eigenvalue weighted by atomic mass is 15.2. The van der Waals surface area contributed by atoms with Crippen molar-refractivity contribution in [2.45, 2.75) is 32.1 Å². The fraction of sp³-hybridized carbons (Fsp3) is 0.152. The Morgan fingerprint density at radius 1 is 0.686 bits per heavy atom. The molecule has 5 aromatic rings. The molecule has 1 aliphatic carbocycles. The summed E-state index contributed by atoms with van der Waals surface area (Å²) < 4.78 is 2.40. The van der Waals surface area contributed by atoms with E-state index in [0.29, 0.717) is 0 Å². The summed E-state index contributed by atoms with van der Waals surface area (Å²) in [5.74, 6) is 0. The number of nitrogens with zero attached hydrogens (tertiary/aromatic N) is 2. The molecular formula is C33H28N2. The minimum absolute atomic E-state index is 0.0254. The van der Waals surface area contributed by atoms with Gasteiger partial charge in [-0.1, -0.05) is 80.6 Å². The van der Waals surface area contributed by atoms with Gasteiger partial charge >= 0.3 is 0 Å². The fourth-order valence-corrected chi connectivity index (χ4v) is 6.23. The Morgan fingerprint density at radius 3 is 2.11 bits per heavy atom. The van der Waals surface area contributed by atoms with Crippen LogP contribution in [0.5, 0.6) is 0 Å². The highest BCUT2D eigenvalue weighted by Crippen LogP contribution is 2.51. The molecule has 35 heavy (non-hydrogen) atoms. The zero-order valence-corrected chi connectivity index (χ0v) is 20.2. The van der Waals surface area contributed by atoms with Crippen LogP contribution >= 0.6 is 0 Å². The zero-order valence-electron chi connectivity index (χ0n) is 20.2. The van der Waals surface area contributed by atoms with E-state index in [2.05, 4.69) is 133 Å². The molecule has 0 saturated heterocycles. The Labute approximate surface area is 206 Å². The van der Waals surface area contributed by atoms with E-state index in [1.54, 1.807) is 0 Å². The van der Waals surface area contributed by atoms with Gasteiger partial charge in [-0.25, -0.2) is 0 Å². The Balaban J connectivity index is 1.48. The van der Waals surface area contributed by atoms with Crippen LogP contribution in [0.1, 0.15) is 32.3 Å². The molecule has 2 heterocycles. The van der Waals surface area contributed by atoms with Crippen molar-refractivity contribution >= 4 is 33.2 Å². The molecule has 0 atom stereocenters. The highest BCUT2D eigenvalue weighted by molar-refractivity contribution is 6.09. The van der Waals surface area contributed by atoms with Gasteiger partial charge in [-0.05, 0) is 66.5 Å². The van der Waals surface area contributed by atoms with Crippen LogP contribution in [0.3, 0.4) is 0 Å². The molecule has 0 spiro atoms. The normalized spacial score (nSPS) is 16.6. The molecule has 2 heteroatoms. The number of anilines is 2. The van der Waals surface area contributed by atoms with E-state index >= 15 is 0 Å². The molecular weight excluding hydrogens is 424 g/mol. The monoisotopic (exact) mass is 452 g/mol. The van der Waals surface area contributed by atoms with Crippen LogP contribution in [0.25, 0.3) is 27.5 Å². The van der Waals surface area contributed by atoms with Crippen molar-refractivity contribution < 1.29 is 0 Å². The van der Waals surface area contributed by atoms with Crippen molar-refractivity contribution in [1.82, 2.24) is 4.57 Å². The predicted octanol–water partition coefficient (Wildman–Crippen LogP) is 8.82. The molecule has 0 amide bonds. The summed E-state index contributed by atoms with van der Waals surface area (Å²) in [7, 11) is 0. The van der Waals surface area contributed by atoms with Gasteiger partial charge in [0.2, 0.25) is 0 Å². The zero-order chi connectivity index (χ0) is 23.6. The molecule has 0 bridgehead atoms. The third kappa shape index (κ3) is 2.89. The number of fused-ring (bicyclic) bond motifs is 4. The summed E-state index contributed by atoms with van der Waals surface area (Å²) in [6, 6.07) is 35.4. The average Bonchev–Trinajstić information content (AvgIpc) is 3.24. The molecule has 0 saturated carbocycles. The number of aromatic nitrogens is 1. The van der Waals surface area contributed by atoms with Crippen LogP contribution in [0.2, 0.25) is 0 Å². The van der Waals surface area contributed by atoms with Gasteiger partial charge in [-0.15, -0.1) is 0 Å². The van der Waals surface area contributed by atoms with Gasteiger partial charge < -0.3 is 9.47 Å². The lowest BCUT2D eigenvalue weighted by molar-refractivity contribution is 0.571. The molecule has 0 N–H and O–H groups in total. The molecule has 170 valence electrons. The van der Waals surface area contributed by atoms with Gasteiger partial charge in [-0.2, -0.15) is 0 Å². The van der Waals surface area contributed by atoms with Gasteiger partial charge in [-0.3, -0.25) is 0 Å². The standard InChI is InChI=1S/C33H28N2/c1-33(2)27-16-5-9-20-31(27)35(32-21-10-6-17-28(32)33)24-13-11-12-23(22-24)34-29-18-7-3-14-25(29)26-15-4-8-19-30(26)34/h3-5,7-16,18-22H,6,17H2,1-2H3. The molecule has 0 fully saturated rings. The molecule has 2 aliphatic rings. The quantitative estimate of drug-likeness (QED) is 0.260. The molecule has 1 aromatic heterocycles. The van der Waals surface area contributed by atoms with Crippen molar-refractivity contribution in [2.75, 3.05) is 4.90 Å². The minimum Gasteiger partial charge on any atom is -0.310 e. The summed E-state index contributed by atoms with van der Waals surface area (Å²) in [5, 5.41) is 2.58. The summed E-state index contributed by atoms with van der Waals surface area (Å²) in [4.78, 5) is 2.48. The van der Waals surface area contributed by atoms with Gasteiger partial charge in [0, 0.05) is 33.3 Å². The van der Waals surface area contributed by atoms with Crippen molar-refractivity contribution in [3.05, 3.63) is 126 Å². The van der Waals surface area contributed by atoms with Crippen molar-refractivity contribution in [3.63, 3.8) is 0 Å². The first kappa shape index (κ1) is 20.3. The SMILES string of the molecule is CC1(C)C2=C(C=CCC2)N(c2cccc(-n3c4ccccc4c4ccccc43)c2)c2ccccc21. The molecule has 7 rings (SSSR count). The maximum absolute atomic E-state index is 2.48. The number of benzene rings is 4. The maximum Gasteiger partial charge on any atom is 0.0541 e. The van der Waals surface area contributed by atoms with E-state index in [4.69, 9.17) is 0 Å². The summed E-state index contributed by atoms with van der Waals surface area (Å²) in [6.45, 7) is 4.76. The molecule has 4 aromatic carbocycles. The van der Waals surface area contributed by atoms with E-state index in [1.165, 1.54) is 55.7 Å².